The van der Waals surface area contributed by atoms with Gasteiger partial charge in [0.2, 0.25) is 0 Å². The van der Waals surface area contributed by atoms with E-state index in [1.165, 1.54) is 13.2 Å². The lowest BCUT2D eigenvalue weighted by molar-refractivity contribution is -0.147. The zero-order chi connectivity index (χ0) is 13.1. The van der Waals surface area contributed by atoms with E-state index in [9.17, 15) is 14.7 Å². The first-order chi connectivity index (χ1) is 7.91. The molecule has 2 N–H and O–H groups in total. The van der Waals surface area contributed by atoms with E-state index < -0.39 is 17.4 Å². The number of methoxy groups -OCH3 is 1. The number of hydrogen-bond acceptors (Lipinski definition) is 3. The molecule has 0 radical (unpaired) electrons. The van der Waals surface area contributed by atoms with Gasteiger partial charge < -0.3 is 14.9 Å². The maximum Gasteiger partial charge on any atom is 0.331 e. The molecule has 17 heavy (non-hydrogen) atoms. The molecule has 0 spiro atoms. The Balaban J connectivity index is 3.05. The van der Waals surface area contributed by atoms with Crippen molar-refractivity contribution >= 4 is 11.9 Å². The van der Waals surface area contributed by atoms with Crippen LogP contribution in [0.3, 0.4) is 0 Å². The highest BCUT2D eigenvalue weighted by Gasteiger charge is 2.40. The Kier molecular flexibility index (Phi) is 4.07. The Morgan fingerprint density at radius 1 is 1.47 bits per heavy atom. The molecule has 5 nitrogen and oxygen atoms in total. The van der Waals surface area contributed by atoms with E-state index in [1.807, 2.05) is 0 Å². The van der Waals surface area contributed by atoms with E-state index in [0.29, 0.717) is 5.57 Å². The zero-order valence-corrected chi connectivity index (χ0v) is 9.90. The van der Waals surface area contributed by atoms with Crippen LogP contribution in [-0.2, 0) is 14.3 Å². The summed E-state index contributed by atoms with van der Waals surface area (Å²) in [6.07, 6.45) is 3.39. The van der Waals surface area contributed by atoms with Crippen LogP contribution < -0.4 is 0 Å². The number of carboxylic acids is 2. The first kappa shape index (κ1) is 13.4. The topological polar surface area (TPSA) is 83.8 Å². The number of ether oxygens (including phenoxy) is 1. The van der Waals surface area contributed by atoms with Gasteiger partial charge in [0, 0.05) is 19.3 Å². The van der Waals surface area contributed by atoms with Crippen LogP contribution in [0.4, 0.5) is 0 Å². The molecule has 1 aliphatic carbocycles. The van der Waals surface area contributed by atoms with Crippen LogP contribution in [0.15, 0.2) is 23.3 Å². The van der Waals surface area contributed by atoms with Crippen LogP contribution in [-0.4, -0.2) is 35.9 Å². The van der Waals surface area contributed by atoms with Crippen molar-refractivity contribution in [2.24, 2.45) is 5.41 Å². The Morgan fingerprint density at radius 3 is 2.59 bits per heavy atom. The number of aliphatic carboxylic acids is 2. The molecule has 1 unspecified atom stereocenters. The first-order valence-electron chi connectivity index (χ1n) is 5.27. The number of allylic oxidation sites excluding steroid dienone is 2. The van der Waals surface area contributed by atoms with Gasteiger partial charge in [-0.15, -0.1) is 0 Å². The second-order valence-corrected chi connectivity index (χ2v) is 4.24. The van der Waals surface area contributed by atoms with E-state index in [1.54, 1.807) is 13.0 Å². The molecule has 0 aliphatic heterocycles. The van der Waals surface area contributed by atoms with Gasteiger partial charge in [0.25, 0.3) is 0 Å². The molecule has 1 aliphatic rings. The van der Waals surface area contributed by atoms with E-state index in [-0.39, 0.29) is 25.0 Å². The maximum atomic E-state index is 11.4. The minimum atomic E-state index is -1.16. The smallest absolute Gasteiger partial charge is 0.331 e. The minimum Gasteiger partial charge on any atom is -0.481 e. The highest BCUT2D eigenvalue weighted by Crippen LogP contribution is 2.37. The molecule has 0 bridgehead atoms. The van der Waals surface area contributed by atoms with Crippen LogP contribution in [0.5, 0.6) is 0 Å². The molecule has 5 heteroatoms. The standard InChI is InChI=1S/C12H16O5/c1-8-5-9(10(13)14)7-12(6-8,11(15)16)3-4-17-2/h5-6H,3-4,7H2,1-2H3,(H,13,14)(H,15,16). The lowest BCUT2D eigenvalue weighted by atomic mass is 9.74. The van der Waals surface area contributed by atoms with Gasteiger partial charge in [0.1, 0.15) is 0 Å². The van der Waals surface area contributed by atoms with Gasteiger partial charge in [-0.1, -0.05) is 11.6 Å². The van der Waals surface area contributed by atoms with Crippen molar-refractivity contribution in [3.05, 3.63) is 23.3 Å². The molecule has 0 aromatic rings. The Hall–Kier alpha value is -1.62. The van der Waals surface area contributed by atoms with Crippen molar-refractivity contribution in [3.8, 4) is 0 Å². The van der Waals surface area contributed by atoms with Crippen LogP contribution in [0.2, 0.25) is 0 Å². The third-order valence-electron chi connectivity index (χ3n) is 2.86. The molecule has 1 atom stereocenters. The van der Waals surface area contributed by atoms with Crippen molar-refractivity contribution in [3.63, 3.8) is 0 Å². The summed E-state index contributed by atoms with van der Waals surface area (Å²) in [6.45, 7) is 1.98. The SMILES string of the molecule is COCCC1(C(=O)O)C=C(C)C=C(C(=O)O)C1. The summed E-state index contributed by atoms with van der Waals surface area (Å²) in [5.74, 6) is -2.08. The van der Waals surface area contributed by atoms with E-state index in [0.717, 1.165) is 0 Å². The molecule has 0 aromatic heterocycles. The second-order valence-electron chi connectivity index (χ2n) is 4.24. The summed E-state index contributed by atoms with van der Waals surface area (Å²) >= 11 is 0. The highest BCUT2D eigenvalue weighted by molar-refractivity contribution is 5.90. The number of hydrogen-bond donors (Lipinski definition) is 2. The average Bonchev–Trinajstić information content (AvgIpc) is 2.25. The highest BCUT2D eigenvalue weighted by atomic mass is 16.5. The molecule has 0 saturated heterocycles. The minimum absolute atomic E-state index is 0.00162. The van der Waals surface area contributed by atoms with E-state index in [2.05, 4.69) is 0 Å². The first-order valence-corrected chi connectivity index (χ1v) is 5.27. The van der Waals surface area contributed by atoms with Crippen LogP contribution in [0, 0.1) is 5.41 Å². The van der Waals surface area contributed by atoms with Crippen molar-refractivity contribution < 1.29 is 24.5 Å². The predicted octanol–water partition coefficient (Wildman–Crippen LogP) is 1.45. The van der Waals surface area contributed by atoms with Crippen LogP contribution in [0.1, 0.15) is 19.8 Å². The van der Waals surface area contributed by atoms with Gasteiger partial charge in [-0.3, -0.25) is 4.79 Å². The monoisotopic (exact) mass is 240 g/mol. The van der Waals surface area contributed by atoms with Gasteiger partial charge in [0.15, 0.2) is 0 Å². The summed E-state index contributed by atoms with van der Waals surface area (Å²) in [6, 6.07) is 0. The van der Waals surface area contributed by atoms with Crippen LogP contribution >= 0.6 is 0 Å². The fraction of sp³-hybridized carbons (Fsp3) is 0.500. The number of rotatable bonds is 5. The molecule has 1 rings (SSSR count). The normalized spacial score (nSPS) is 23.9. The Morgan fingerprint density at radius 2 is 2.12 bits per heavy atom. The zero-order valence-electron chi connectivity index (χ0n) is 9.90. The van der Waals surface area contributed by atoms with Gasteiger partial charge in [-0.25, -0.2) is 4.79 Å². The third-order valence-corrected chi connectivity index (χ3v) is 2.86. The quantitative estimate of drug-likeness (QED) is 0.760. The van der Waals surface area contributed by atoms with E-state index in [4.69, 9.17) is 9.84 Å². The molecular formula is C12H16O5. The summed E-state index contributed by atoms with van der Waals surface area (Å²) in [5.41, 5.74) is -0.376. The molecular weight excluding hydrogens is 224 g/mol. The predicted molar refractivity (Wildman–Crippen MR) is 60.7 cm³/mol. The summed E-state index contributed by atoms with van der Waals surface area (Å²) in [7, 11) is 1.49. The van der Waals surface area contributed by atoms with Gasteiger partial charge in [-0.05, 0) is 25.8 Å². The number of carbonyl (C=O) groups is 2. The Labute approximate surface area is 99.4 Å². The average molecular weight is 240 g/mol. The lowest BCUT2D eigenvalue weighted by Crippen LogP contribution is -2.34. The molecule has 0 saturated carbocycles. The second kappa shape index (κ2) is 5.14. The maximum absolute atomic E-state index is 11.4. The molecule has 94 valence electrons. The van der Waals surface area contributed by atoms with Gasteiger partial charge in [0.05, 0.1) is 5.41 Å². The fourth-order valence-electron chi connectivity index (χ4n) is 2.02. The fourth-order valence-corrected chi connectivity index (χ4v) is 2.02. The lowest BCUT2D eigenvalue weighted by Gasteiger charge is -2.29. The summed E-state index contributed by atoms with van der Waals surface area (Å²) in [4.78, 5) is 22.3. The summed E-state index contributed by atoms with van der Waals surface area (Å²) in [5, 5.41) is 18.3. The van der Waals surface area contributed by atoms with Gasteiger partial charge in [-0.2, -0.15) is 0 Å². The van der Waals surface area contributed by atoms with Crippen LogP contribution in [0.25, 0.3) is 0 Å². The third kappa shape index (κ3) is 2.94. The number of carboxylic acid groups (broad SMARTS) is 2. The summed E-state index contributed by atoms with van der Waals surface area (Å²) < 4.78 is 4.89. The Bertz CT molecular complexity index is 394. The molecule has 0 amide bonds. The molecule has 0 fully saturated rings. The molecule has 0 aromatic carbocycles. The van der Waals surface area contributed by atoms with Crippen molar-refractivity contribution in [2.75, 3.05) is 13.7 Å². The largest absolute Gasteiger partial charge is 0.481 e. The van der Waals surface area contributed by atoms with E-state index >= 15 is 0 Å². The van der Waals surface area contributed by atoms with Gasteiger partial charge >= 0.3 is 11.9 Å². The van der Waals surface area contributed by atoms with Crippen molar-refractivity contribution in [2.45, 2.75) is 19.8 Å². The molecule has 0 heterocycles. The van der Waals surface area contributed by atoms with Crippen molar-refractivity contribution in [1.82, 2.24) is 0 Å². The van der Waals surface area contributed by atoms with Crippen molar-refractivity contribution in [1.29, 1.82) is 0 Å².